The van der Waals surface area contributed by atoms with Gasteiger partial charge in [-0.05, 0) is 36.6 Å². The van der Waals surface area contributed by atoms with Gasteiger partial charge in [-0.2, -0.15) is 0 Å². The van der Waals surface area contributed by atoms with Crippen LogP contribution in [0.5, 0.6) is 0 Å². The molecule has 0 aliphatic carbocycles. The van der Waals surface area contributed by atoms with Gasteiger partial charge in [-0.3, -0.25) is 0 Å². The normalized spacial score (nSPS) is 10.7. The molecule has 1 aromatic carbocycles. The lowest BCUT2D eigenvalue weighted by molar-refractivity contribution is 0.545. The predicted octanol–water partition coefficient (Wildman–Crippen LogP) is 3.11. The Morgan fingerprint density at radius 2 is 1.28 bits per heavy atom. The first kappa shape index (κ1) is 11.1. The molecule has 0 saturated heterocycles. The summed E-state index contributed by atoms with van der Waals surface area (Å²) < 4.78 is 10.6. The zero-order valence-corrected chi connectivity index (χ0v) is 10.5. The average Bonchev–Trinajstić information content (AvgIpc) is 2.98. The molecule has 3 aromatic rings. The number of hydrogen-bond donors (Lipinski definition) is 2. The Balaban J connectivity index is 2.22. The Hall–Kier alpha value is -2.06. The van der Waals surface area contributed by atoms with E-state index in [4.69, 9.17) is 33.3 Å². The maximum atomic E-state index is 5.28. The van der Waals surface area contributed by atoms with Crippen LogP contribution in [0.3, 0.4) is 0 Å². The molecule has 0 amide bonds. The number of rotatable bonds is 2. The molecule has 18 heavy (non-hydrogen) atoms. The van der Waals surface area contributed by atoms with Gasteiger partial charge in [0.1, 0.15) is 0 Å². The third-order valence-electron chi connectivity index (χ3n) is 2.26. The maximum absolute atomic E-state index is 5.28. The summed E-state index contributed by atoms with van der Waals surface area (Å²) in [4.78, 5) is 0.422. The van der Waals surface area contributed by atoms with Gasteiger partial charge in [0.2, 0.25) is 11.8 Å². The largest absolute Gasteiger partial charge is 0.409 e. The second-order valence-corrected chi connectivity index (χ2v) is 4.12. The van der Waals surface area contributed by atoms with E-state index in [1.54, 1.807) is 0 Å². The van der Waals surface area contributed by atoms with Gasteiger partial charge in [-0.15, -0.1) is 10.2 Å². The minimum Gasteiger partial charge on any atom is -0.409 e. The van der Waals surface area contributed by atoms with E-state index in [0.29, 0.717) is 11.8 Å². The highest BCUT2D eigenvalue weighted by molar-refractivity contribution is 7.71. The summed E-state index contributed by atoms with van der Waals surface area (Å²) in [5.74, 6) is 0.749. The van der Waals surface area contributed by atoms with Gasteiger partial charge in [-0.1, -0.05) is 12.1 Å². The Bertz CT molecular complexity index is 731. The van der Waals surface area contributed by atoms with E-state index in [1.807, 2.05) is 24.3 Å². The molecule has 2 N–H and O–H groups in total. The molecule has 0 aliphatic heterocycles. The summed E-state index contributed by atoms with van der Waals surface area (Å²) in [6.07, 6.45) is 0. The Labute approximate surface area is 111 Å². The molecule has 0 radical (unpaired) electrons. The third kappa shape index (κ3) is 1.91. The highest BCUT2D eigenvalue weighted by Gasteiger charge is 2.14. The van der Waals surface area contributed by atoms with Crippen LogP contribution in [-0.4, -0.2) is 20.4 Å². The van der Waals surface area contributed by atoms with Crippen LogP contribution in [-0.2, 0) is 0 Å². The molecule has 0 unspecified atom stereocenters. The van der Waals surface area contributed by atoms with Crippen LogP contribution in [0.25, 0.3) is 22.9 Å². The first-order valence-electron chi connectivity index (χ1n) is 4.95. The molecule has 90 valence electrons. The Morgan fingerprint density at radius 1 is 0.833 bits per heavy atom. The molecule has 2 aromatic heterocycles. The van der Waals surface area contributed by atoms with Crippen LogP contribution in [0, 0.1) is 9.67 Å². The number of aromatic amines is 2. The fourth-order valence-corrected chi connectivity index (χ4v) is 1.80. The van der Waals surface area contributed by atoms with Crippen molar-refractivity contribution in [3.8, 4) is 22.9 Å². The minimum absolute atomic E-state index is 0.211. The summed E-state index contributed by atoms with van der Waals surface area (Å²) in [5, 5.41) is 13.1. The van der Waals surface area contributed by atoms with Crippen LogP contribution < -0.4 is 0 Å². The van der Waals surface area contributed by atoms with Crippen molar-refractivity contribution in [1.29, 1.82) is 0 Å². The van der Waals surface area contributed by atoms with Gasteiger partial charge in [0.15, 0.2) is 0 Å². The molecule has 0 aliphatic rings. The zero-order chi connectivity index (χ0) is 12.5. The van der Waals surface area contributed by atoms with E-state index in [9.17, 15) is 0 Å². The van der Waals surface area contributed by atoms with Crippen molar-refractivity contribution in [3.05, 3.63) is 33.9 Å². The summed E-state index contributed by atoms with van der Waals surface area (Å²) in [6, 6.07) is 7.37. The number of benzene rings is 1. The predicted molar refractivity (Wildman–Crippen MR) is 67.8 cm³/mol. The number of aromatic nitrogens is 4. The molecule has 0 bridgehead atoms. The molecule has 0 saturated carbocycles. The fraction of sp³-hybridized carbons (Fsp3) is 0. The van der Waals surface area contributed by atoms with E-state index in [1.165, 1.54) is 0 Å². The number of nitrogens with zero attached hydrogens (tertiary/aromatic N) is 2. The van der Waals surface area contributed by atoms with E-state index in [-0.39, 0.29) is 9.67 Å². The van der Waals surface area contributed by atoms with Gasteiger partial charge in [0, 0.05) is 0 Å². The van der Waals surface area contributed by atoms with Crippen LogP contribution in [0.1, 0.15) is 0 Å². The Kier molecular flexibility index (Phi) is 2.65. The summed E-state index contributed by atoms with van der Waals surface area (Å²) in [5.41, 5.74) is 1.44. The third-order valence-corrected chi connectivity index (χ3v) is 2.61. The lowest BCUT2D eigenvalue weighted by atomic mass is 10.1. The van der Waals surface area contributed by atoms with Crippen LogP contribution in [0.15, 0.2) is 33.1 Å². The van der Waals surface area contributed by atoms with Crippen molar-refractivity contribution in [3.63, 3.8) is 0 Å². The van der Waals surface area contributed by atoms with E-state index in [0.717, 1.165) is 11.1 Å². The van der Waals surface area contributed by atoms with Crippen molar-refractivity contribution in [2.75, 3.05) is 0 Å². The lowest BCUT2D eigenvalue weighted by Gasteiger charge is -2.00. The topological polar surface area (TPSA) is 83.6 Å². The first-order chi connectivity index (χ1) is 8.74. The standard InChI is InChI=1S/C10H6N4O2S2/c17-9-13-11-7(15-9)5-3-1-2-4-6(5)8-12-14-10(18)16-8/h1-4H,(H,13,17)(H,14,18). The van der Waals surface area contributed by atoms with Crippen molar-refractivity contribution in [1.82, 2.24) is 20.4 Å². The molecule has 8 heteroatoms. The molecule has 0 spiro atoms. The zero-order valence-electron chi connectivity index (χ0n) is 8.84. The molecular weight excluding hydrogens is 272 g/mol. The quantitative estimate of drug-likeness (QED) is 0.701. The van der Waals surface area contributed by atoms with E-state index < -0.39 is 0 Å². The van der Waals surface area contributed by atoms with E-state index in [2.05, 4.69) is 20.4 Å². The molecule has 0 atom stereocenters. The summed E-state index contributed by atoms with van der Waals surface area (Å²) in [6.45, 7) is 0. The monoisotopic (exact) mass is 278 g/mol. The lowest BCUT2D eigenvalue weighted by Crippen LogP contribution is -1.85. The fourth-order valence-electron chi connectivity index (χ4n) is 1.55. The van der Waals surface area contributed by atoms with Crippen molar-refractivity contribution >= 4 is 24.4 Å². The number of hydrogen-bond acceptors (Lipinski definition) is 6. The van der Waals surface area contributed by atoms with Crippen LogP contribution in [0.4, 0.5) is 0 Å². The maximum Gasteiger partial charge on any atom is 0.284 e. The van der Waals surface area contributed by atoms with Crippen molar-refractivity contribution < 1.29 is 8.83 Å². The van der Waals surface area contributed by atoms with Crippen LogP contribution >= 0.6 is 24.4 Å². The first-order valence-corrected chi connectivity index (χ1v) is 5.76. The molecule has 2 heterocycles. The molecular formula is C10H6N4O2S2. The van der Waals surface area contributed by atoms with Crippen molar-refractivity contribution in [2.24, 2.45) is 0 Å². The van der Waals surface area contributed by atoms with Gasteiger partial charge in [0.25, 0.3) is 9.67 Å². The van der Waals surface area contributed by atoms with Gasteiger partial charge in [-0.25, -0.2) is 10.2 Å². The smallest absolute Gasteiger partial charge is 0.284 e. The van der Waals surface area contributed by atoms with Crippen molar-refractivity contribution in [2.45, 2.75) is 0 Å². The number of H-pyrrole nitrogens is 2. The highest BCUT2D eigenvalue weighted by atomic mass is 32.1. The second kappa shape index (κ2) is 4.31. The summed E-state index contributed by atoms with van der Waals surface area (Å²) in [7, 11) is 0. The molecule has 0 fully saturated rings. The summed E-state index contributed by atoms with van der Waals surface area (Å²) >= 11 is 9.70. The van der Waals surface area contributed by atoms with Gasteiger partial charge >= 0.3 is 0 Å². The average molecular weight is 278 g/mol. The van der Waals surface area contributed by atoms with Crippen LogP contribution in [0.2, 0.25) is 0 Å². The second-order valence-electron chi connectivity index (χ2n) is 3.38. The van der Waals surface area contributed by atoms with Gasteiger partial charge in [0.05, 0.1) is 11.1 Å². The highest BCUT2D eigenvalue weighted by Crippen LogP contribution is 2.29. The minimum atomic E-state index is 0.211. The molecule has 3 rings (SSSR count). The number of nitrogens with one attached hydrogen (secondary N) is 2. The molecule has 6 nitrogen and oxygen atoms in total. The van der Waals surface area contributed by atoms with Gasteiger partial charge < -0.3 is 8.83 Å². The Morgan fingerprint density at radius 3 is 1.61 bits per heavy atom. The SMILES string of the molecule is S=c1[nH]nc(-c2ccccc2-c2n[nH]c(=S)o2)o1. The van der Waals surface area contributed by atoms with E-state index >= 15 is 0 Å².